The highest BCUT2D eigenvalue weighted by Gasteiger charge is 2.21. The van der Waals surface area contributed by atoms with Crippen molar-refractivity contribution < 1.29 is 14.6 Å². The van der Waals surface area contributed by atoms with Gasteiger partial charge in [0.05, 0.1) is 6.61 Å². The van der Waals surface area contributed by atoms with E-state index in [1.54, 1.807) is 6.08 Å². The number of aliphatic carboxylic acids is 1. The Morgan fingerprint density at radius 3 is 2.24 bits per heavy atom. The van der Waals surface area contributed by atoms with Crippen molar-refractivity contribution in [2.75, 3.05) is 6.61 Å². The summed E-state index contributed by atoms with van der Waals surface area (Å²) in [5, 5.41) is 11.0. The molecule has 3 heteroatoms. The molecular weight excluding hydrogens is 408 g/mol. The van der Waals surface area contributed by atoms with E-state index >= 15 is 0 Å². The lowest BCUT2D eigenvalue weighted by Crippen LogP contribution is -2.20. The van der Waals surface area contributed by atoms with Gasteiger partial charge in [-0.25, -0.2) is 4.79 Å². The summed E-state index contributed by atoms with van der Waals surface area (Å²) in [5.74, 6) is 1.61. The monoisotopic (exact) mass is 450 g/mol. The maximum atomic E-state index is 10.7. The largest absolute Gasteiger partial charge is 0.493 e. The smallest absolute Gasteiger partial charge is 0.328 e. The van der Waals surface area contributed by atoms with E-state index in [9.17, 15) is 4.79 Å². The van der Waals surface area contributed by atoms with Crippen LogP contribution in [0.15, 0.2) is 42.5 Å². The van der Waals surface area contributed by atoms with Gasteiger partial charge in [0, 0.05) is 6.08 Å². The second-order valence-electron chi connectivity index (χ2n) is 9.90. The minimum absolute atomic E-state index is 0.680. The molecule has 1 N–H and O–H groups in total. The molecule has 1 saturated carbocycles. The number of benzene rings is 2. The lowest BCUT2D eigenvalue weighted by Gasteiger charge is -2.28. The SMILES string of the molecule is CCCCCCCCCCC1CCC(COc2ccc3cc(C=CC(=O)O)ccc3c2)CC1. The Labute approximate surface area is 200 Å². The average Bonchev–Trinajstić information content (AvgIpc) is 2.83. The number of carboxylic acid groups (broad SMARTS) is 1. The summed E-state index contributed by atoms with van der Waals surface area (Å²) < 4.78 is 6.16. The van der Waals surface area contributed by atoms with Crippen molar-refractivity contribution >= 4 is 22.8 Å². The molecule has 180 valence electrons. The van der Waals surface area contributed by atoms with Crippen LogP contribution in [-0.2, 0) is 4.79 Å². The number of rotatable bonds is 14. The predicted octanol–water partition coefficient (Wildman–Crippen LogP) is 8.65. The first-order valence-electron chi connectivity index (χ1n) is 13.2. The fourth-order valence-corrected chi connectivity index (χ4v) is 5.07. The summed E-state index contributed by atoms with van der Waals surface area (Å²) in [5.41, 5.74) is 0.891. The third-order valence-corrected chi connectivity index (χ3v) is 7.17. The number of unbranched alkanes of at least 4 members (excludes halogenated alkanes) is 7. The molecule has 0 aromatic heterocycles. The maximum absolute atomic E-state index is 10.7. The van der Waals surface area contributed by atoms with E-state index < -0.39 is 5.97 Å². The topological polar surface area (TPSA) is 46.5 Å². The average molecular weight is 451 g/mol. The van der Waals surface area contributed by atoms with E-state index in [2.05, 4.69) is 19.1 Å². The molecule has 3 rings (SSSR count). The van der Waals surface area contributed by atoms with E-state index in [0.717, 1.165) is 34.6 Å². The molecule has 0 bridgehead atoms. The molecular formula is C30H42O3. The second kappa shape index (κ2) is 14.1. The van der Waals surface area contributed by atoms with Crippen molar-refractivity contribution in [2.24, 2.45) is 11.8 Å². The molecule has 0 radical (unpaired) electrons. The molecule has 2 aromatic carbocycles. The minimum Gasteiger partial charge on any atom is -0.493 e. The van der Waals surface area contributed by atoms with Crippen LogP contribution in [0.25, 0.3) is 16.8 Å². The Hall–Kier alpha value is -2.29. The van der Waals surface area contributed by atoms with Crippen LogP contribution in [0.4, 0.5) is 0 Å². The Morgan fingerprint density at radius 1 is 0.879 bits per heavy atom. The molecule has 2 aromatic rings. The summed E-state index contributed by atoms with van der Waals surface area (Å²) in [6, 6.07) is 12.2. The lowest BCUT2D eigenvalue weighted by atomic mass is 9.80. The molecule has 1 aliphatic carbocycles. The van der Waals surface area contributed by atoms with E-state index in [-0.39, 0.29) is 0 Å². The van der Waals surface area contributed by atoms with Gasteiger partial charge in [0.2, 0.25) is 0 Å². The van der Waals surface area contributed by atoms with E-state index in [4.69, 9.17) is 9.84 Å². The Balaban J connectivity index is 1.33. The fourth-order valence-electron chi connectivity index (χ4n) is 5.07. The second-order valence-corrected chi connectivity index (χ2v) is 9.90. The van der Waals surface area contributed by atoms with Crippen molar-refractivity contribution in [3.63, 3.8) is 0 Å². The molecule has 1 fully saturated rings. The number of carboxylic acids is 1. The normalized spacial score (nSPS) is 18.7. The molecule has 0 aliphatic heterocycles. The van der Waals surface area contributed by atoms with Gasteiger partial charge >= 0.3 is 5.97 Å². The van der Waals surface area contributed by atoms with Crippen LogP contribution in [-0.4, -0.2) is 17.7 Å². The van der Waals surface area contributed by atoms with Gasteiger partial charge in [-0.1, -0.05) is 95.8 Å². The van der Waals surface area contributed by atoms with Crippen LogP contribution in [0.2, 0.25) is 0 Å². The van der Waals surface area contributed by atoms with Crippen LogP contribution in [0.5, 0.6) is 5.75 Å². The molecule has 33 heavy (non-hydrogen) atoms. The van der Waals surface area contributed by atoms with Crippen molar-refractivity contribution in [1.82, 2.24) is 0 Å². The van der Waals surface area contributed by atoms with Crippen LogP contribution < -0.4 is 4.74 Å². The summed E-state index contributed by atoms with van der Waals surface area (Å²) in [7, 11) is 0. The van der Waals surface area contributed by atoms with Crippen molar-refractivity contribution in [1.29, 1.82) is 0 Å². The summed E-state index contributed by atoms with van der Waals surface area (Å²) in [6.07, 6.45) is 20.9. The molecule has 0 saturated heterocycles. The Kier molecular flexibility index (Phi) is 10.8. The number of carbonyl (C=O) groups is 1. The van der Waals surface area contributed by atoms with Gasteiger partial charge in [-0.2, -0.15) is 0 Å². The maximum Gasteiger partial charge on any atom is 0.328 e. The van der Waals surface area contributed by atoms with Gasteiger partial charge in [-0.05, 0) is 65.3 Å². The lowest BCUT2D eigenvalue weighted by molar-refractivity contribution is -0.131. The third-order valence-electron chi connectivity index (χ3n) is 7.17. The molecule has 0 atom stereocenters. The first kappa shape index (κ1) is 25.3. The van der Waals surface area contributed by atoms with Crippen molar-refractivity contribution in [3.05, 3.63) is 48.0 Å². The van der Waals surface area contributed by atoms with Crippen LogP contribution in [0, 0.1) is 11.8 Å². The molecule has 3 nitrogen and oxygen atoms in total. The van der Waals surface area contributed by atoms with E-state index in [0.29, 0.717) is 5.92 Å². The zero-order valence-corrected chi connectivity index (χ0v) is 20.4. The van der Waals surface area contributed by atoms with Gasteiger partial charge in [0.15, 0.2) is 0 Å². The minimum atomic E-state index is -0.930. The first-order chi connectivity index (χ1) is 16.1. The molecule has 0 unspecified atom stereocenters. The predicted molar refractivity (Wildman–Crippen MR) is 139 cm³/mol. The van der Waals surface area contributed by atoms with Crippen LogP contribution in [0.1, 0.15) is 96.0 Å². The van der Waals surface area contributed by atoms with Gasteiger partial charge in [-0.3, -0.25) is 0 Å². The van der Waals surface area contributed by atoms with Gasteiger partial charge < -0.3 is 9.84 Å². The van der Waals surface area contributed by atoms with E-state index in [1.165, 1.54) is 89.5 Å². The Morgan fingerprint density at radius 2 is 1.52 bits per heavy atom. The number of hydrogen-bond donors (Lipinski definition) is 1. The van der Waals surface area contributed by atoms with Crippen molar-refractivity contribution in [3.8, 4) is 5.75 Å². The zero-order chi connectivity index (χ0) is 23.3. The zero-order valence-electron chi connectivity index (χ0n) is 20.4. The molecule has 0 heterocycles. The summed E-state index contributed by atoms with van der Waals surface area (Å²) in [4.78, 5) is 10.7. The number of ether oxygens (including phenoxy) is 1. The number of fused-ring (bicyclic) bond motifs is 1. The van der Waals surface area contributed by atoms with Gasteiger partial charge in [0.25, 0.3) is 0 Å². The standard InChI is InChI=1S/C30H42O3/c1-2-3-4-5-6-7-8-9-10-24-11-13-26(14-12-24)23-33-29-19-18-27-21-25(16-20-30(31)32)15-17-28(27)22-29/h15-22,24,26H,2-14,23H2,1H3,(H,31,32). The van der Waals surface area contributed by atoms with Crippen LogP contribution >= 0.6 is 0 Å². The fraction of sp³-hybridized carbons (Fsp3) is 0.567. The molecule has 0 amide bonds. The highest BCUT2D eigenvalue weighted by atomic mass is 16.5. The Bertz CT molecular complexity index is 877. The van der Waals surface area contributed by atoms with Crippen molar-refractivity contribution in [2.45, 2.75) is 90.4 Å². The summed E-state index contributed by atoms with van der Waals surface area (Å²) in [6.45, 7) is 3.10. The van der Waals surface area contributed by atoms with Gasteiger partial charge in [0.1, 0.15) is 5.75 Å². The third kappa shape index (κ3) is 9.23. The molecule has 0 spiro atoms. The molecule has 1 aliphatic rings. The van der Waals surface area contributed by atoms with Crippen LogP contribution in [0.3, 0.4) is 0 Å². The first-order valence-corrected chi connectivity index (χ1v) is 13.2. The quantitative estimate of drug-likeness (QED) is 0.231. The highest BCUT2D eigenvalue weighted by molar-refractivity contribution is 5.89. The van der Waals surface area contributed by atoms with E-state index in [1.807, 2.05) is 24.3 Å². The van der Waals surface area contributed by atoms with Gasteiger partial charge in [-0.15, -0.1) is 0 Å². The summed E-state index contributed by atoms with van der Waals surface area (Å²) >= 11 is 0. The number of hydrogen-bond acceptors (Lipinski definition) is 2. The highest BCUT2D eigenvalue weighted by Crippen LogP contribution is 2.33.